The average molecular weight is 267 g/mol. The van der Waals surface area contributed by atoms with Gasteiger partial charge in [-0.2, -0.15) is 0 Å². The monoisotopic (exact) mass is 266 g/mol. The van der Waals surface area contributed by atoms with Gasteiger partial charge in [0.1, 0.15) is 0 Å². The number of aromatic nitrogens is 1. The average Bonchev–Trinajstić information content (AvgIpc) is 2.88. The molecule has 0 atom stereocenters. The molecular weight excluding hydrogens is 252 g/mol. The highest BCUT2D eigenvalue weighted by Crippen LogP contribution is 2.25. The number of furan rings is 1. The molecule has 1 fully saturated rings. The van der Waals surface area contributed by atoms with Gasteiger partial charge < -0.3 is 14.2 Å². The largest absolute Gasteiger partial charge is 0.441 e. The van der Waals surface area contributed by atoms with Crippen molar-refractivity contribution in [2.24, 2.45) is 0 Å². The van der Waals surface area contributed by atoms with E-state index in [1.165, 1.54) is 12.8 Å². The maximum absolute atomic E-state index is 5.72. The van der Waals surface area contributed by atoms with Gasteiger partial charge >= 0.3 is 0 Å². The first-order chi connectivity index (χ1) is 8.81. The molecule has 96 valence electrons. The molecule has 3 rings (SSSR count). The number of nitrogens with zero attached hydrogens (tertiary/aromatic N) is 1. The van der Waals surface area contributed by atoms with E-state index in [4.69, 9.17) is 20.4 Å². The van der Waals surface area contributed by atoms with Crippen LogP contribution >= 0.6 is 11.6 Å². The maximum Gasteiger partial charge on any atom is 0.195 e. The Kier molecular flexibility index (Phi) is 3.39. The molecule has 0 saturated heterocycles. The molecule has 2 heterocycles. The van der Waals surface area contributed by atoms with Crippen LogP contribution in [0.2, 0.25) is 5.22 Å². The summed E-state index contributed by atoms with van der Waals surface area (Å²) in [6, 6.07) is 4.23. The van der Waals surface area contributed by atoms with Gasteiger partial charge in [0.15, 0.2) is 22.6 Å². The first kappa shape index (κ1) is 11.8. The molecular formula is C13H15ClN2O2. The summed E-state index contributed by atoms with van der Waals surface area (Å²) < 4.78 is 10.9. The summed E-state index contributed by atoms with van der Waals surface area (Å²) in [7, 11) is 0. The summed E-state index contributed by atoms with van der Waals surface area (Å²) in [6.07, 6.45) is 6.20. The smallest absolute Gasteiger partial charge is 0.195 e. The van der Waals surface area contributed by atoms with Gasteiger partial charge in [-0.15, -0.1) is 0 Å². The molecule has 0 aromatic carbocycles. The van der Waals surface area contributed by atoms with Crippen molar-refractivity contribution in [2.75, 3.05) is 6.54 Å². The van der Waals surface area contributed by atoms with Crippen LogP contribution in [0.15, 0.2) is 27.2 Å². The van der Waals surface area contributed by atoms with E-state index in [-0.39, 0.29) is 0 Å². The fourth-order valence-corrected chi connectivity index (χ4v) is 1.97. The SMILES string of the molecule is Clc1ccc(-c2cnc(CCCNC3CC3)o2)o1. The topological polar surface area (TPSA) is 51.2 Å². The summed E-state index contributed by atoms with van der Waals surface area (Å²) in [5.41, 5.74) is 0. The Balaban J connectivity index is 1.52. The zero-order chi connectivity index (χ0) is 12.4. The number of oxazole rings is 1. The first-order valence-corrected chi connectivity index (χ1v) is 6.63. The molecule has 5 heteroatoms. The number of hydrogen-bond acceptors (Lipinski definition) is 4. The second-order valence-corrected chi connectivity index (χ2v) is 4.93. The Labute approximate surface area is 110 Å². The predicted molar refractivity (Wildman–Crippen MR) is 68.6 cm³/mol. The second-order valence-electron chi connectivity index (χ2n) is 4.55. The Morgan fingerprint density at radius 3 is 2.89 bits per heavy atom. The van der Waals surface area contributed by atoms with Crippen molar-refractivity contribution in [3.8, 4) is 11.5 Å². The molecule has 0 amide bonds. The number of nitrogens with one attached hydrogen (secondary N) is 1. The molecule has 1 N–H and O–H groups in total. The highest BCUT2D eigenvalue weighted by atomic mass is 35.5. The Morgan fingerprint density at radius 1 is 1.28 bits per heavy atom. The van der Waals surface area contributed by atoms with Crippen LogP contribution in [0.1, 0.15) is 25.2 Å². The number of hydrogen-bond donors (Lipinski definition) is 1. The van der Waals surface area contributed by atoms with E-state index in [0.717, 1.165) is 31.3 Å². The van der Waals surface area contributed by atoms with Gasteiger partial charge in [0.2, 0.25) is 0 Å². The van der Waals surface area contributed by atoms with Gasteiger partial charge in [0.05, 0.1) is 6.20 Å². The van der Waals surface area contributed by atoms with Crippen molar-refractivity contribution < 1.29 is 8.83 Å². The lowest BCUT2D eigenvalue weighted by molar-refractivity contribution is 0.472. The molecule has 2 aromatic heterocycles. The molecule has 2 aromatic rings. The van der Waals surface area contributed by atoms with Crippen LogP contribution in [-0.2, 0) is 6.42 Å². The summed E-state index contributed by atoms with van der Waals surface area (Å²) >= 11 is 5.72. The Morgan fingerprint density at radius 2 is 2.17 bits per heavy atom. The van der Waals surface area contributed by atoms with Gasteiger partial charge in [0, 0.05) is 12.5 Å². The molecule has 1 aliphatic rings. The summed E-state index contributed by atoms with van der Waals surface area (Å²) in [5.74, 6) is 2.00. The zero-order valence-corrected chi connectivity index (χ0v) is 10.7. The molecule has 1 aliphatic carbocycles. The number of aryl methyl sites for hydroxylation is 1. The fraction of sp³-hybridized carbons (Fsp3) is 0.462. The van der Waals surface area contributed by atoms with E-state index in [0.29, 0.717) is 16.7 Å². The molecule has 1 saturated carbocycles. The molecule has 4 nitrogen and oxygen atoms in total. The Bertz CT molecular complexity index is 517. The van der Waals surface area contributed by atoms with Gasteiger partial charge in [-0.25, -0.2) is 4.98 Å². The summed E-state index contributed by atoms with van der Waals surface area (Å²) in [5, 5.41) is 3.82. The lowest BCUT2D eigenvalue weighted by Crippen LogP contribution is -2.17. The highest BCUT2D eigenvalue weighted by molar-refractivity contribution is 6.28. The summed E-state index contributed by atoms with van der Waals surface area (Å²) in [6.45, 7) is 1.02. The third-order valence-electron chi connectivity index (χ3n) is 2.95. The second kappa shape index (κ2) is 5.16. The highest BCUT2D eigenvalue weighted by Gasteiger charge is 2.19. The van der Waals surface area contributed by atoms with Gasteiger partial charge in [-0.1, -0.05) is 0 Å². The standard InChI is InChI=1S/C13H15ClN2O2/c14-12-6-5-10(17-12)11-8-16-13(18-11)2-1-7-15-9-3-4-9/h5-6,8-9,15H,1-4,7H2. The van der Waals surface area contributed by atoms with Crippen molar-refractivity contribution in [1.82, 2.24) is 10.3 Å². The van der Waals surface area contributed by atoms with Crippen LogP contribution < -0.4 is 5.32 Å². The minimum absolute atomic E-state index is 0.358. The number of halogens is 1. The van der Waals surface area contributed by atoms with E-state index in [1.54, 1.807) is 18.3 Å². The van der Waals surface area contributed by atoms with Gasteiger partial charge in [-0.3, -0.25) is 0 Å². The lowest BCUT2D eigenvalue weighted by atomic mass is 10.3. The molecule has 0 bridgehead atoms. The van der Waals surface area contributed by atoms with Crippen LogP contribution in [0.3, 0.4) is 0 Å². The minimum atomic E-state index is 0.358. The zero-order valence-electron chi connectivity index (χ0n) is 9.99. The Hall–Kier alpha value is -1.26. The first-order valence-electron chi connectivity index (χ1n) is 6.25. The van der Waals surface area contributed by atoms with Crippen molar-refractivity contribution >= 4 is 11.6 Å². The predicted octanol–water partition coefficient (Wildman–Crippen LogP) is 3.27. The van der Waals surface area contributed by atoms with E-state index in [1.807, 2.05) is 0 Å². The van der Waals surface area contributed by atoms with Crippen LogP contribution in [0, 0.1) is 0 Å². The molecule has 0 radical (unpaired) electrons. The van der Waals surface area contributed by atoms with E-state index in [2.05, 4.69) is 10.3 Å². The molecule has 0 aliphatic heterocycles. The normalized spacial score (nSPS) is 15.2. The van der Waals surface area contributed by atoms with E-state index < -0.39 is 0 Å². The minimum Gasteiger partial charge on any atom is -0.441 e. The van der Waals surface area contributed by atoms with Crippen molar-refractivity contribution in [3.05, 3.63) is 29.4 Å². The van der Waals surface area contributed by atoms with Gasteiger partial charge in [0.25, 0.3) is 0 Å². The fourth-order valence-electron chi connectivity index (χ4n) is 1.82. The van der Waals surface area contributed by atoms with Crippen molar-refractivity contribution in [3.63, 3.8) is 0 Å². The quantitative estimate of drug-likeness (QED) is 0.816. The van der Waals surface area contributed by atoms with Crippen LogP contribution in [-0.4, -0.2) is 17.6 Å². The van der Waals surface area contributed by atoms with E-state index >= 15 is 0 Å². The van der Waals surface area contributed by atoms with Crippen LogP contribution in [0.5, 0.6) is 0 Å². The summed E-state index contributed by atoms with van der Waals surface area (Å²) in [4.78, 5) is 4.24. The third kappa shape index (κ3) is 2.94. The van der Waals surface area contributed by atoms with Crippen LogP contribution in [0.25, 0.3) is 11.5 Å². The van der Waals surface area contributed by atoms with Gasteiger partial charge in [-0.05, 0) is 49.5 Å². The third-order valence-corrected chi connectivity index (χ3v) is 3.15. The lowest BCUT2D eigenvalue weighted by Gasteiger charge is -1.99. The van der Waals surface area contributed by atoms with Crippen molar-refractivity contribution in [2.45, 2.75) is 31.7 Å². The maximum atomic E-state index is 5.72. The molecule has 0 spiro atoms. The number of rotatable bonds is 6. The molecule has 18 heavy (non-hydrogen) atoms. The molecule has 0 unspecified atom stereocenters. The van der Waals surface area contributed by atoms with Crippen molar-refractivity contribution in [1.29, 1.82) is 0 Å². The van der Waals surface area contributed by atoms with Crippen LogP contribution in [0.4, 0.5) is 0 Å². The van der Waals surface area contributed by atoms with E-state index in [9.17, 15) is 0 Å².